The van der Waals surface area contributed by atoms with Gasteiger partial charge in [-0.1, -0.05) is 35.9 Å². The van der Waals surface area contributed by atoms with Gasteiger partial charge in [0.1, 0.15) is 12.3 Å². The third kappa shape index (κ3) is 4.93. The Morgan fingerprint density at radius 3 is 2.33 bits per heavy atom. The van der Waals surface area contributed by atoms with E-state index in [-0.39, 0.29) is 4.90 Å². The second kappa shape index (κ2) is 9.19. The van der Waals surface area contributed by atoms with E-state index >= 15 is 0 Å². The van der Waals surface area contributed by atoms with Crippen LogP contribution < -0.4 is 14.4 Å². The van der Waals surface area contributed by atoms with Crippen LogP contribution in [0.4, 0.5) is 11.4 Å². The van der Waals surface area contributed by atoms with Crippen molar-refractivity contribution in [1.82, 2.24) is 0 Å². The molecule has 0 bridgehead atoms. The normalized spacial score (nSPS) is 11.0. The first-order valence-corrected chi connectivity index (χ1v) is 10.9. The molecular formula is C22H21ClN2O4S. The molecule has 3 rings (SSSR count). The summed E-state index contributed by atoms with van der Waals surface area (Å²) in [6.07, 6.45) is 0. The van der Waals surface area contributed by atoms with Gasteiger partial charge < -0.3 is 10.1 Å². The van der Waals surface area contributed by atoms with E-state index in [9.17, 15) is 13.2 Å². The molecule has 6 nitrogen and oxygen atoms in total. The molecule has 3 aromatic rings. The average Bonchev–Trinajstić information content (AvgIpc) is 2.75. The van der Waals surface area contributed by atoms with Crippen molar-refractivity contribution in [2.75, 3.05) is 23.3 Å². The quantitative estimate of drug-likeness (QED) is 0.582. The van der Waals surface area contributed by atoms with Gasteiger partial charge in [0.2, 0.25) is 5.91 Å². The Hall–Kier alpha value is -3.03. The zero-order valence-corrected chi connectivity index (χ0v) is 18.1. The maximum atomic E-state index is 13.3. The lowest BCUT2D eigenvalue weighted by Crippen LogP contribution is -2.38. The zero-order chi connectivity index (χ0) is 21.7. The molecule has 0 aliphatic carbocycles. The van der Waals surface area contributed by atoms with Gasteiger partial charge in [-0.15, -0.1) is 0 Å². The Labute approximate surface area is 181 Å². The predicted octanol–water partition coefficient (Wildman–Crippen LogP) is 4.49. The number of anilines is 2. The number of hydrogen-bond acceptors (Lipinski definition) is 4. The second-order valence-electron chi connectivity index (χ2n) is 6.53. The SMILES string of the molecule is COc1ccc(S(=O)(=O)N(CC(=O)Nc2cc(Cl)ccc2C)c2ccccc2)cc1. The molecule has 30 heavy (non-hydrogen) atoms. The highest BCUT2D eigenvalue weighted by Gasteiger charge is 2.27. The number of aryl methyl sites for hydroxylation is 1. The average molecular weight is 445 g/mol. The summed E-state index contributed by atoms with van der Waals surface area (Å²) in [5.74, 6) is 0.0516. The van der Waals surface area contributed by atoms with Crippen molar-refractivity contribution in [3.05, 3.63) is 83.4 Å². The maximum absolute atomic E-state index is 13.3. The number of carbonyl (C=O) groups is 1. The number of amides is 1. The fourth-order valence-corrected chi connectivity index (χ4v) is 4.43. The summed E-state index contributed by atoms with van der Waals surface area (Å²) in [7, 11) is -2.49. The van der Waals surface area contributed by atoms with E-state index in [4.69, 9.17) is 16.3 Å². The molecule has 0 aromatic heterocycles. The van der Waals surface area contributed by atoms with Crippen LogP contribution in [-0.4, -0.2) is 28.0 Å². The summed E-state index contributed by atoms with van der Waals surface area (Å²) in [6.45, 7) is 1.43. The highest BCUT2D eigenvalue weighted by Crippen LogP contribution is 2.26. The Bertz CT molecular complexity index is 1130. The van der Waals surface area contributed by atoms with Gasteiger partial charge in [-0.25, -0.2) is 8.42 Å². The second-order valence-corrected chi connectivity index (χ2v) is 8.83. The van der Waals surface area contributed by atoms with Crippen molar-refractivity contribution in [2.24, 2.45) is 0 Å². The molecular weight excluding hydrogens is 424 g/mol. The van der Waals surface area contributed by atoms with E-state index in [2.05, 4.69) is 5.32 Å². The minimum atomic E-state index is -3.99. The first-order chi connectivity index (χ1) is 14.3. The van der Waals surface area contributed by atoms with Crippen LogP contribution in [0.3, 0.4) is 0 Å². The summed E-state index contributed by atoms with van der Waals surface area (Å²) < 4.78 is 32.8. The van der Waals surface area contributed by atoms with Gasteiger partial charge in [-0.3, -0.25) is 9.10 Å². The van der Waals surface area contributed by atoms with Crippen LogP contribution >= 0.6 is 11.6 Å². The molecule has 0 spiro atoms. The fraction of sp³-hybridized carbons (Fsp3) is 0.136. The lowest BCUT2D eigenvalue weighted by atomic mass is 10.2. The molecule has 0 unspecified atom stereocenters. The number of sulfonamides is 1. The first-order valence-electron chi connectivity index (χ1n) is 9.09. The van der Waals surface area contributed by atoms with Crippen LogP contribution in [0, 0.1) is 6.92 Å². The monoisotopic (exact) mass is 444 g/mol. The van der Waals surface area contributed by atoms with E-state index in [1.54, 1.807) is 60.7 Å². The lowest BCUT2D eigenvalue weighted by molar-refractivity contribution is -0.114. The van der Waals surface area contributed by atoms with Crippen LogP contribution in [0.25, 0.3) is 0 Å². The van der Waals surface area contributed by atoms with E-state index in [1.165, 1.54) is 19.2 Å². The summed E-state index contributed by atoms with van der Waals surface area (Å²) in [5, 5.41) is 3.22. The van der Waals surface area contributed by atoms with Gasteiger partial charge in [0.05, 0.1) is 17.7 Å². The highest BCUT2D eigenvalue weighted by molar-refractivity contribution is 7.92. The van der Waals surface area contributed by atoms with Crippen LogP contribution in [0.1, 0.15) is 5.56 Å². The number of methoxy groups -OCH3 is 1. The summed E-state index contributed by atoms with van der Waals surface area (Å²) in [6, 6.07) is 19.6. The van der Waals surface area contributed by atoms with E-state index in [1.807, 2.05) is 6.92 Å². The van der Waals surface area contributed by atoms with Crippen LogP contribution in [0.15, 0.2) is 77.7 Å². The number of nitrogens with zero attached hydrogens (tertiary/aromatic N) is 1. The maximum Gasteiger partial charge on any atom is 0.264 e. The van der Waals surface area contributed by atoms with Crippen molar-refractivity contribution in [1.29, 1.82) is 0 Å². The first kappa shape index (κ1) is 21.7. The number of ether oxygens (including phenoxy) is 1. The number of para-hydroxylation sites is 1. The number of halogens is 1. The summed E-state index contributed by atoms with van der Waals surface area (Å²) >= 11 is 6.01. The molecule has 0 aliphatic rings. The largest absolute Gasteiger partial charge is 0.497 e. The molecule has 8 heteroatoms. The molecule has 0 fully saturated rings. The van der Waals surface area contributed by atoms with Gasteiger partial charge in [0.25, 0.3) is 10.0 Å². The molecule has 0 heterocycles. The zero-order valence-electron chi connectivity index (χ0n) is 16.5. The number of benzene rings is 3. The smallest absolute Gasteiger partial charge is 0.264 e. The predicted molar refractivity (Wildman–Crippen MR) is 119 cm³/mol. The standard InChI is InChI=1S/C22H21ClN2O4S/c1-16-8-9-17(23)14-21(16)24-22(26)15-25(18-6-4-3-5-7-18)30(27,28)20-12-10-19(29-2)11-13-20/h3-14H,15H2,1-2H3,(H,24,26). The van der Waals surface area contributed by atoms with Crippen LogP contribution in [0.5, 0.6) is 5.75 Å². The van der Waals surface area contributed by atoms with Gasteiger partial charge in [-0.2, -0.15) is 0 Å². The van der Waals surface area contributed by atoms with Gasteiger partial charge in [0.15, 0.2) is 0 Å². The summed E-state index contributed by atoms with van der Waals surface area (Å²) in [5.41, 5.74) is 1.73. The molecule has 3 aromatic carbocycles. The van der Waals surface area contributed by atoms with E-state index in [0.717, 1.165) is 9.87 Å². The third-order valence-corrected chi connectivity index (χ3v) is 6.48. The van der Waals surface area contributed by atoms with Crippen LogP contribution in [-0.2, 0) is 14.8 Å². The minimum absolute atomic E-state index is 0.0545. The Morgan fingerprint density at radius 2 is 1.70 bits per heavy atom. The number of hydrogen-bond donors (Lipinski definition) is 1. The molecule has 156 valence electrons. The van der Waals surface area contributed by atoms with Crippen LogP contribution in [0.2, 0.25) is 5.02 Å². The minimum Gasteiger partial charge on any atom is -0.497 e. The number of nitrogens with one attached hydrogen (secondary N) is 1. The molecule has 1 amide bonds. The van der Waals surface area contributed by atoms with Crippen molar-refractivity contribution in [3.63, 3.8) is 0 Å². The molecule has 0 saturated heterocycles. The van der Waals surface area contributed by atoms with Crippen molar-refractivity contribution in [3.8, 4) is 5.75 Å². The van der Waals surface area contributed by atoms with Gasteiger partial charge in [-0.05, 0) is 61.0 Å². The molecule has 1 N–H and O–H groups in total. The highest BCUT2D eigenvalue weighted by atomic mass is 35.5. The number of rotatable bonds is 7. The third-order valence-electron chi connectivity index (χ3n) is 4.45. The summed E-state index contributed by atoms with van der Waals surface area (Å²) in [4.78, 5) is 12.8. The van der Waals surface area contributed by atoms with Crippen molar-refractivity contribution < 1.29 is 17.9 Å². The molecule has 0 radical (unpaired) electrons. The van der Waals surface area contributed by atoms with Crippen molar-refractivity contribution in [2.45, 2.75) is 11.8 Å². The van der Waals surface area contributed by atoms with E-state index < -0.39 is 22.5 Å². The topological polar surface area (TPSA) is 75.7 Å². The van der Waals surface area contributed by atoms with Gasteiger partial charge in [0, 0.05) is 10.7 Å². The van der Waals surface area contributed by atoms with E-state index in [0.29, 0.717) is 22.1 Å². The fourth-order valence-electron chi connectivity index (χ4n) is 2.83. The lowest BCUT2D eigenvalue weighted by Gasteiger charge is -2.24. The Balaban J connectivity index is 1.93. The molecule has 0 aliphatic heterocycles. The van der Waals surface area contributed by atoms with Crippen molar-refractivity contribution >= 4 is 38.9 Å². The molecule has 0 saturated carbocycles. The molecule has 0 atom stereocenters. The Kier molecular flexibility index (Phi) is 6.64. The van der Waals surface area contributed by atoms with Gasteiger partial charge >= 0.3 is 0 Å². The Morgan fingerprint density at radius 1 is 1.03 bits per heavy atom. The number of carbonyl (C=O) groups excluding carboxylic acids is 1.